The highest BCUT2D eigenvalue weighted by Crippen LogP contribution is 2.42. The second-order valence-corrected chi connectivity index (χ2v) is 6.64. The first kappa shape index (κ1) is 13.8. The Morgan fingerprint density at radius 3 is 2.80 bits per heavy atom. The molecular weight excluding hydrogens is 363 g/mol. The van der Waals surface area contributed by atoms with Crippen molar-refractivity contribution in [2.45, 2.75) is 0 Å². The highest BCUT2D eigenvalue weighted by Gasteiger charge is 2.15. The van der Waals surface area contributed by atoms with Gasteiger partial charge in [-0.15, -0.1) is 0 Å². The molecule has 2 nitrogen and oxygen atoms in total. The molecule has 0 bridgehead atoms. The molecule has 3 rings (SSSR count). The molecule has 0 amide bonds. The van der Waals surface area contributed by atoms with Crippen LogP contribution in [-0.4, -0.2) is 0 Å². The van der Waals surface area contributed by atoms with Crippen LogP contribution >= 0.6 is 38.9 Å². The lowest BCUT2D eigenvalue weighted by atomic mass is 10.2. The van der Waals surface area contributed by atoms with E-state index >= 15 is 0 Å². The number of hydrogen-bond acceptors (Lipinski definition) is 2. The Bertz CT molecular complexity index is 803. The molecule has 0 saturated carbocycles. The molecule has 0 spiro atoms. The van der Waals surface area contributed by atoms with Gasteiger partial charge in [-0.25, -0.2) is 4.39 Å². The quantitative estimate of drug-likeness (QED) is 0.647. The lowest BCUT2D eigenvalue weighted by Gasteiger charge is -2.06. The van der Waals surface area contributed by atoms with Crippen LogP contribution in [0.5, 0.6) is 0 Å². The van der Waals surface area contributed by atoms with E-state index in [2.05, 4.69) is 27.0 Å². The van der Waals surface area contributed by atoms with Crippen molar-refractivity contribution < 1.29 is 10.1 Å². The van der Waals surface area contributed by atoms with Crippen molar-refractivity contribution in [3.63, 3.8) is 0 Å². The number of benzene rings is 2. The van der Waals surface area contributed by atoms with E-state index in [0.717, 1.165) is 30.9 Å². The molecule has 4 N–H and O–H groups in total. The summed E-state index contributed by atoms with van der Waals surface area (Å²) < 4.78 is 15.4. The zero-order valence-electron chi connectivity index (χ0n) is 10.2. The number of anilines is 2. The lowest BCUT2D eigenvalue weighted by molar-refractivity contribution is -0.247. The van der Waals surface area contributed by atoms with Crippen molar-refractivity contribution in [2.24, 2.45) is 0 Å². The van der Waals surface area contributed by atoms with Crippen molar-refractivity contribution in [1.82, 2.24) is 0 Å². The van der Waals surface area contributed by atoms with E-state index in [0.29, 0.717) is 0 Å². The zero-order chi connectivity index (χ0) is 14.3. The molecule has 0 aliphatic carbocycles. The summed E-state index contributed by atoms with van der Waals surface area (Å²) in [5.41, 5.74) is 5.73. The molecule has 20 heavy (non-hydrogen) atoms. The van der Waals surface area contributed by atoms with E-state index in [4.69, 9.17) is 11.6 Å². The van der Waals surface area contributed by atoms with Crippen molar-refractivity contribution in [3.05, 3.63) is 51.7 Å². The molecule has 0 radical (unpaired) electrons. The molecule has 0 unspecified atom stereocenters. The molecule has 102 valence electrons. The second-order valence-electron chi connectivity index (χ2n) is 4.27. The van der Waals surface area contributed by atoms with Crippen LogP contribution in [-0.2, 0) is 0 Å². The summed E-state index contributed by atoms with van der Waals surface area (Å²) in [6.45, 7) is 0. The standard InChI is InChI=1S/C14H9BrClFN2S/c15-9-3-1-2-8-12(14(18)20-13(8)9)19-7-4-5-11(17)10(16)6-7/h1-6,19H,18H2/p+1. The Morgan fingerprint density at radius 1 is 1.25 bits per heavy atom. The third-order valence-corrected chi connectivity index (χ3v) is 5.24. The van der Waals surface area contributed by atoms with Crippen LogP contribution in [0.25, 0.3) is 10.1 Å². The molecule has 0 aliphatic rings. The third kappa shape index (κ3) is 2.42. The number of thiophene rings is 1. The largest absolute Gasteiger partial charge is 0.349 e. The monoisotopic (exact) mass is 371 g/mol. The van der Waals surface area contributed by atoms with Gasteiger partial charge in [-0.05, 0) is 40.2 Å². The summed E-state index contributed by atoms with van der Waals surface area (Å²) in [5, 5.41) is 5.37. The minimum Gasteiger partial charge on any atom is -0.349 e. The highest BCUT2D eigenvalue weighted by molar-refractivity contribution is 9.10. The van der Waals surface area contributed by atoms with Gasteiger partial charge in [-0.2, -0.15) is 0 Å². The van der Waals surface area contributed by atoms with Gasteiger partial charge in [0.05, 0.1) is 9.72 Å². The van der Waals surface area contributed by atoms with Gasteiger partial charge in [0.2, 0.25) is 5.00 Å². The number of hydrogen-bond donors (Lipinski definition) is 2. The Hall–Kier alpha value is -1.14. The van der Waals surface area contributed by atoms with Gasteiger partial charge in [-0.1, -0.05) is 35.1 Å². The normalized spacial score (nSPS) is 11.0. The van der Waals surface area contributed by atoms with Gasteiger partial charge in [0.25, 0.3) is 0 Å². The fraction of sp³-hybridized carbons (Fsp3) is 0. The molecule has 0 atom stereocenters. The maximum Gasteiger partial charge on any atom is 0.208 e. The zero-order valence-corrected chi connectivity index (χ0v) is 13.4. The van der Waals surface area contributed by atoms with Crippen molar-refractivity contribution in [3.8, 4) is 0 Å². The van der Waals surface area contributed by atoms with Crippen LogP contribution in [0.15, 0.2) is 40.9 Å². The van der Waals surface area contributed by atoms with E-state index in [9.17, 15) is 4.39 Å². The Balaban J connectivity index is 2.08. The van der Waals surface area contributed by atoms with Crippen LogP contribution in [0.3, 0.4) is 0 Å². The molecular formula is C14H10BrClFN2S+. The van der Waals surface area contributed by atoms with E-state index in [1.165, 1.54) is 6.07 Å². The summed E-state index contributed by atoms with van der Waals surface area (Å²) in [5.74, 6) is -0.426. The fourth-order valence-electron chi connectivity index (χ4n) is 1.99. The van der Waals surface area contributed by atoms with E-state index in [1.807, 2.05) is 18.2 Å². The molecule has 0 aliphatic heterocycles. The number of quaternary nitrogens is 1. The van der Waals surface area contributed by atoms with Gasteiger partial charge in [0, 0.05) is 15.5 Å². The number of nitrogens with one attached hydrogen (secondary N) is 1. The molecule has 2 aromatic carbocycles. The van der Waals surface area contributed by atoms with Gasteiger partial charge >= 0.3 is 0 Å². The van der Waals surface area contributed by atoms with Crippen LogP contribution in [0, 0.1) is 5.82 Å². The first-order chi connectivity index (χ1) is 9.56. The summed E-state index contributed by atoms with van der Waals surface area (Å²) in [7, 11) is 0. The summed E-state index contributed by atoms with van der Waals surface area (Å²) in [6.07, 6.45) is 0. The Morgan fingerprint density at radius 2 is 2.05 bits per heavy atom. The van der Waals surface area contributed by atoms with Gasteiger partial charge < -0.3 is 11.1 Å². The molecule has 0 saturated heterocycles. The first-order valence-electron chi connectivity index (χ1n) is 5.81. The smallest absolute Gasteiger partial charge is 0.208 e. The lowest BCUT2D eigenvalue weighted by Crippen LogP contribution is -2.39. The Labute approximate surface area is 132 Å². The minimum absolute atomic E-state index is 0.0985. The average molecular weight is 373 g/mol. The van der Waals surface area contributed by atoms with E-state index in [1.54, 1.807) is 23.5 Å². The maximum atomic E-state index is 13.2. The topological polar surface area (TPSA) is 39.7 Å². The first-order valence-corrected chi connectivity index (χ1v) is 7.80. The predicted octanol–water partition coefficient (Wildman–Crippen LogP) is 5.07. The molecule has 0 fully saturated rings. The molecule has 1 heterocycles. The van der Waals surface area contributed by atoms with Crippen LogP contribution in [0.2, 0.25) is 5.02 Å². The Kier molecular flexibility index (Phi) is 3.69. The van der Waals surface area contributed by atoms with Crippen LogP contribution < -0.4 is 11.1 Å². The van der Waals surface area contributed by atoms with Crippen LogP contribution in [0.1, 0.15) is 0 Å². The average Bonchev–Trinajstić information content (AvgIpc) is 2.73. The molecule has 6 heteroatoms. The van der Waals surface area contributed by atoms with Gasteiger partial charge in [0.1, 0.15) is 11.5 Å². The van der Waals surface area contributed by atoms with Crippen LogP contribution in [0.4, 0.5) is 20.8 Å². The summed E-state index contributed by atoms with van der Waals surface area (Å²) in [4.78, 5) is 0. The third-order valence-electron chi connectivity index (χ3n) is 2.93. The predicted molar refractivity (Wildman–Crippen MR) is 86.8 cm³/mol. The van der Waals surface area contributed by atoms with E-state index < -0.39 is 5.82 Å². The minimum atomic E-state index is -0.426. The van der Waals surface area contributed by atoms with Crippen molar-refractivity contribution >= 4 is 65.3 Å². The van der Waals surface area contributed by atoms with Crippen molar-refractivity contribution in [1.29, 1.82) is 0 Å². The molecule has 1 aromatic heterocycles. The summed E-state index contributed by atoms with van der Waals surface area (Å²) in [6, 6.07) is 10.6. The van der Waals surface area contributed by atoms with E-state index in [-0.39, 0.29) is 5.02 Å². The summed E-state index contributed by atoms with van der Waals surface area (Å²) >= 11 is 10.9. The fourth-order valence-corrected chi connectivity index (χ4v) is 3.73. The highest BCUT2D eigenvalue weighted by atomic mass is 79.9. The van der Waals surface area contributed by atoms with Gasteiger partial charge in [0.15, 0.2) is 0 Å². The number of fused-ring (bicyclic) bond motifs is 1. The maximum absolute atomic E-state index is 13.2. The number of rotatable bonds is 2. The van der Waals surface area contributed by atoms with Gasteiger partial charge in [-0.3, -0.25) is 0 Å². The molecule has 3 aromatic rings. The van der Waals surface area contributed by atoms with Crippen molar-refractivity contribution in [2.75, 3.05) is 5.32 Å². The number of halogens is 3. The second kappa shape index (κ2) is 5.33. The SMILES string of the molecule is [NH3+]c1sc2c(Br)cccc2c1Nc1ccc(F)c(Cl)c1.